The molecule has 0 N–H and O–H groups in total. The molecule has 1 aromatic carbocycles. The fraction of sp³-hybridized carbons (Fsp3) is 0.0909. The summed E-state index contributed by atoms with van der Waals surface area (Å²) in [6.45, 7) is 1.43. The molecule has 0 atom stereocenters. The Kier molecular flexibility index (Phi) is 2.56. The lowest BCUT2D eigenvalue weighted by atomic mass is 10.1. The molecule has 0 unspecified atom stereocenters. The van der Waals surface area contributed by atoms with Crippen molar-refractivity contribution in [2.75, 3.05) is 0 Å². The van der Waals surface area contributed by atoms with Crippen LogP contribution in [-0.2, 0) is 0 Å². The maximum atomic E-state index is 11.0. The molecule has 0 aliphatic heterocycles. The van der Waals surface area contributed by atoms with Crippen LogP contribution in [0, 0.1) is 0 Å². The molecular formula is C11H8ClNO2. The van der Waals surface area contributed by atoms with Gasteiger partial charge in [-0.3, -0.25) is 4.79 Å². The summed E-state index contributed by atoms with van der Waals surface area (Å²) in [7, 11) is 0. The largest absolute Gasteiger partial charge is 0.353 e. The summed E-state index contributed by atoms with van der Waals surface area (Å²) >= 11 is 5.98. The summed E-state index contributed by atoms with van der Waals surface area (Å²) < 4.78 is 4.88. The molecule has 1 heterocycles. The third-order valence-electron chi connectivity index (χ3n) is 2.01. The number of hydrogen-bond donors (Lipinski definition) is 0. The summed E-state index contributed by atoms with van der Waals surface area (Å²) in [6.07, 6.45) is 0. The number of benzene rings is 1. The number of ketones is 1. The van der Waals surface area contributed by atoms with E-state index >= 15 is 0 Å². The Balaban J connectivity index is 2.46. The van der Waals surface area contributed by atoms with E-state index in [0.29, 0.717) is 10.7 Å². The molecular weight excluding hydrogens is 214 g/mol. The fourth-order valence-corrected chi connectivity index (χ4v) is 1.47. The van der Waals surface area contributed by atoms with Crippen molar-refractivity contribution in [3.63, 3.8) is 0 Å². The molecule has 0 aliphatic rings. The minimum Gasteiger partial charge on any atom is -0.353 e. The number of hydrogen-bond acceptors (Lipinski definition) is 3. The van der Waals surface area contributed by atoms with Crippen molar-refractivity contribution in [3.8, 4) is 11.3 Å². The summed E-state index contributed by atoms with van der Waals surface area (Å²) in [5, 5.41) is 4.37. The van der Waals surface area contributed by atoms with Gasteiger partial charge in [0.15, 0.2) is 5.78 Å². The van der Waals surface area contributed by atoms with Crippen LogP contribution in [0.4, 0.5) is 0 Å². The average molecular weight is 222 g/mol. The summed E-state index contributed by atoms with van der Waals surface area (Å²) in [5.74, 6) is 0.0886. The molecule has 1 aromatic heterocycles. The monoisotopic (exact) mass is 221 g/mol. The number of Topliss-reactive ketones (excluding diaryl/α,β-unsaturated/α-hetero) is 1. The van der Waals surface area contributed by atoms with Gasteiger partial charge in [-0.2, -0.15) is 0 Å². The van der Waals surface area contributed by atoms with Gasteiger partial charge in [-0.05, 0) is 6.07 Å². The van der Waals surface area contributed by atoms with E-state index in [1.54, 1.807) is 12.1 Å². The second kappa shape index (κ2) is 3.87. The number of halogens is 1. The van der Waals surface area contributed by atoms with Gasteiger partial charge in [0.25, 0.3) is 0 Å². The highest BCUT2D eigenvalue weighted by molar-refractivity contribution is 6.33. The molecule has 0 aliphatic carbocycles. The van der Waals surface area contributed by atoms with Gasteiger partial charge in [-0.25, -0.2) is 0 Å². The highest BCUT2D eigenvalue weighted by Gasteiger charge is 2.11. The van der Waals surface area contributed by atoms with Crippen LogP contribution in [0.5, 0.6) is 0 Å². The molecule has 4 heteroatoms. The van der Waals surface area contributed by atoms with Crippen molar-refractivity contribution in [1.29, 1.82) is 0 Å². The smallest absolute Gasteiger partial charge is 0.202 e. The molecule has 0 amide bonds. The van der Waals surface area contributed by atoms with Gasteiger partial charge < -0.3 is 4.52 Å². The van der Waals surface area contributed by atoms with Gasteiger partial charge in [0.2, 0.25) is 5.76 Å². The lowest BCUT2D eigenvalue weighted by molar-refractivity contribution is 0.0978. The predicted octanol–water partition coefficient (Wildman–Crippen LogP) is 3.20. The van der Waals surface area contributed by atoms with Crippen LogP contribution in [0.2, 0.25) is 5.02 Å². The van der Waals surface area contributed by atoms with Crippen LogP contribution >= 0.6 is 11.6 Å². The molecule has 0 fully saturated rings. The van der Waals surface area contributed by atoms with Crippen LogP contribution in [0.15, 0.2) is 34.9 Å². The normalized spacial score (nSPS) is 10.3. The van der Waals surface area contributed by atoms with Gasteiger partial charge in [0, 0.05) is 18.6 Å². The van der Waals surface area contributed by atoms with E-state index in [4.69, 9.17) is 16.1 Å². The lowest BCUT2D eigenvalue weighted by Gasteiger charge is -1.96. The minimum atomic E-state index is -0.152. The molecule has 15 heavy (non-hydrogen) atoms. The molecule has 76 valence electrons. The number of carbonyl (C=O) groups excluding carboxylic acids is 1. The van der Waals surface area contributed by atoms with Crippen molar-refractivity contribution >= 4 is 17.4 Å². The van der Waals surface area contributed by atoms with Crippen molar-refractivity contribution in [1.82, 2.24) is 5.16 Å². The van der Waals surface area contributed by atoms with Crippen LogP contribution in [0.3, 0.4) is 0 Å². The standard InChI is InChI=1S/C11H8ClNO2/c1-7(14)11-6-10(13-15-11)8-4-2-3-5-9(8)12/h2-6H,1H3. The average Bonchev–Trinajstić information content (AvgIpc) is 2.67. The highest BCUT2D eigenvalue weighted by Crippen LogP contribution is 2.26. The lowest BCUT2D eigenvalue weighted by Crippen LogP contribution is -1.86. The Morgan fingerprint density at radius 1 is 1.40 bits per heavy atom. The van der Waals surface area contributed by atoms with Gasteiger partial charge in [-0.15, -0.1) is 0 Å². The van der Waals surface area contributed by atoms with Gasteiger partial charge in [0.05, 0.1) is 5.02 Å². The van der Waals surface area contributed by atoms with E-state index in [2.05, 4.69) is 5.16 Å². The maximum absolute atomic E-state index is 11.0. The second-order valence-electron chi connectivity index (χ2n) is 3.11. The second-order valence-corrected chi connectivity index (χ2v) is 3.52. The van der Waals surface area contributed by atoms with Crippen LogP contribution in [0.1, 0.15) is 17.5 Å². The number of aromatic nitrogens is 1. The van der Waals surface area contributed by atoms with Gasteiger partial charge in [-0.1, -0.05) is 35.0 Å². The van der Waals surface area contributed by atoms with E-state index in [1.165, 1.54) is 6.92 Å². The third kappa shape index (κ3) is 1.92. The van der Waals surface area contributed by atoms with Crippen molar-refractivity contribution in [3.05, 3.63) is 41.1 Å². The maximum Gasteiger partial charge on any atom is 0.202 e. The zero-order valence-electron chi connectivity index (χ0n) is 8.03. The topological polar surface area (TPSA) is 43.1 Å². The minimum absolute atomic E-state index is 0.152. The summed E-state index contributed by atoms with van der Waals surface area (Å²) in [6, 6.07) is 8.85. The molecule has 2 rings (SSSR count). The Morgan fingerprint density at radius 3 is 2.73 bits per heavy atom. The van der Waals surface area contributed by atoms with E-state index in [9.17, 15) is 4.79 Å². The number of nitrogens with zero attached hydrogens (tertiary/aromatic N) is 1. The van der Waals surface area contributed by atoms with E-state index < -0.39 is 0 Å². The molecule has 0 spiro atoms. The Labute approximate surface area is 91.6 Å². The fourth-order valence-electron chi connectivity index (χ4n) is 1.24. The molecule has 0 radical (unpaired) electrons. The number of carbonyl (C=O) groups is 1. The summed E-state index contributed by atoms with van der Waals surface area (Å²) in [4.78, 5) is 11.0. The zero-order valence-corrected chi connectivity index (χ0v) is 8.78. The van der Waals surface area contributed by atoms with Gasteiger partial charge in [0.1, 0.15) is 5.69 Å². The third-order valence-corrected chi connectivity index (χ3v) is 2.34. The Hall–Kier alpha value is -1.61. The molecule has 0 saturated carbocycles. The zero-order chi connectivity index (χ0) is 10.8. The predicted molar refractivity (Wildman–Crippen MR) is 57.0 cm³/mol. The van der Waals surface area contributed by atoms with E-state index in [-0.39, 0.29) is 11.5 Å². The Morgan fingerprint density at radius 2 is 2.13 bits per heavy atom. The first-order valence-corrected chi connectivity index (χ1v) is 4.79. The first-order chi connectivity index (χ1) is 7.18. The molecule has 3 nitrogen and oxygen atoms in total. The van der Waals surface area contributed by atoms with Crippen molar-refractivity contribution < 1.29 is 9.32 Å². The SMILES string of the molecule is CC(=O)c1cc(-c2ccccc2Cl)no1. The Bertz CT molecular complexity index is 505. The highest BCUT2D eigenvalue weighted by atomic mass is 35.5. The van der Waals surface area contributed by atoms with Crippen LogP contribution < -0.4 is 0 Å². The molecule has 0 saturated heterocycles. The molecule has 2 aromatic rings. The van der Waals surface area contributed by atoms with E-state index in [1.807, 2.05) is 18.2 Å². The molecule has 0 bridgehead atoms. The van der Waals surface area contributed by atoms with Crippen LogP contribution in [0.25, 0.3) is 11.3 Å². The van der Waals surface area contributed by atoms with Crippen molar-refractivity contribution in [2.24, 2.45) is 0 Å². The summed E-state index contributed by atoms with van der Waals surface area (Å²) in [5.41, 5.74) is 1.33. The van der Waals surface area contributed by atoms with E-state index in [0.717, 1.165) is 5.56 Å². The van der Waals surface area contributed by atoms with Crippen LogP contribution in [-0.4, -0.2) is 10.9 Å². The number of rotatable bonds is 2. The van der Waals surface area contributed by atoms with Gasteiger partial charge >= 0.3 is 0 Å². The quantitative estimate of drug-likeness (QED) is 0.732. The first-order valence-electron chi connectivity index (χ1n) is 4.41. The first kappa shape index (κ1) is 9.93. The van der Waals surface area contributed by atoms with Crippen molar-refractivity contribution in [2.45, 2.75) is 6.92 Å².